The maximum atomic E-state index is 13.0. The summed E-state index contributed by atoms with van der Waals surface area (Å²) in [6.07, 6.45) is 0.921. The fraction of sp³-hybridized carbons (Fsp3) is 0.296. The zero-order valence-electron chi connectivity index (χ0n) is 21.2. The van der Waals surface area contributed by atoms with Gasteiger partial charge in [-0.05, 0) is 44.0 Å². The summed E-state index contributed by atoms with van der Waals surface area (Å²) in [5.41, 5.74) is 7.40. The fourth-order valence-corrected chi connectivity index (χ4v) is 5.43. The molecule has 0 spiro atoms. The van der Waals surface area contributed by atoms with E-state index in [1.165, 1.54) is 0 Å². The lowest BCUT2D eigenvalue weighted by Gasteiger charge is -2.33. The number of cyclic esters (lactones) is 1. The molecule has 1 aromatic carbocycles. The van der Waals surface area contributed by atoms with Crippen molar-refractivity contribution < 1.29 is 27.5 Å². The fourth-order valence-electron chi connectivity index (χ4n) is 5.43. The van der Waals surface area contributed by atoms with Crippen molar-refractivity contribution in [1.29, 1.82) is 0 Å². The second-order valence-corrected chi connectivity index (χ2v) is 9.89. The molecular formula is C27H24F3N7O3. The van der Waals surface area contributed by atoms with Crippen molar-refractivity contribution >= 4 is 29.2 Å². The molecule has 3 unspecified atom stereocenters. The summed E-state index contributed by atoms with van der Waals surface area (Å²) < 4.78 is 46.3. The molecule has 2 saturated heterocycles. The number of carbonyl (C=O) groups excluding carboxylic acids is 2. The maximum Gasteiger partial charge on any atom is 0.416 e. The standard InChI is InChI=1S/C27H24F3N7O3/c1-14-19-7-6-17(13-37(19)26(39)40-14)24-35-21(22-23(31)33-10-11-36(22)24)15-2-4-16(5-3-15)25(38)34-20-12-18(8-9-32-20)27(28,29)30/h2-5,8-12,14,17,19H,6-7,13H2,1H3,(H2,31,33)(H,32,34,38). The number of hydrogen-bond acceptors (Lipinski definition) is 7. The highest BCUT2D eigenvalue weighted by molar-refractivity contribution is 6.04. The van der Waals surface area contributed by atoms with E-state index in [1.54, 1.807) is 41.6 Å². The van der Waals surface area contributed by atoms with Crippen molar-refractivity contribution in [2.75, 3.05) is 17.6 Å². The van der Waals surface area contributed by atoms with Crippen LogP contribution in [0.5, 0.6) is 0 Å². The summed E-state index contributed by atoms with van der Waals surface area (Å²) in [7, 11) is 0. The number of rotatable bonds is 4. The molecule has 2 aliphatic rings. The number of hydrogen-bond donors (Lipinski definition) is 2. The summed E-state index contributed by atoms with van der Waals surface area (Å²) >= 11 is 0. The SMILES string of the molecule is CC1OC(=O)N2CC(c3nc(-c4ccc(C(=O)Nc5cc(C(F)(F)F)ccn5)cc4)c4c(N)nccn34)CCC12. The average Bonchev–Trinajstić information content (AvgIpc) is 3.46. The minimum Gasteiger partial charge on any atom is -0.444 e. The molecular weight excluding hydrogens is 527 g/mol. The highest BCUT2D eigenvalue weighted by Crippen LogP contribution is 2.38. The van der Waals surface area contributed by atoms with Crippen LogP contribution in [0, 0.1) is 0 Å². The van der Waals surface area contributed by atoms with Crippen LogP contribution in [0.4, 0.5) is 29.6 Å². The lowest BCUT2D eigenvalue weighted by molar-refractivity contribution is -0.137. The Balaban J connectivity index is 1.28. The van der Waals surface area contributed by atoms with Crippen LogP contribution in [0.2, 0.25) is 0 Å². The molecule has 0 radical (unpaired) electrons. The van der Waals surface area contributed by atoms with Gasteiger partial charge in [0.1, 0.15) is 34.8 Å². The Morgan fingerprint density at radius 3 is 2.65 bits per heavy atom. The molecule has 10 nitrogen and oxygen atoms in total. The first-order valence-corrected chi connectivity index (χ1v) is 12.6. The van der Waals surface area contributed by atoms with E-state index in [-0.39, 0.29) is 41.4 Å². The summed E-state index contributed by atoms with van der Waals surface area (Å²) in [5, 5.41) is 2.40. The van der Waals surface area contributed by atoms with Gasteiger partial charge < -0.3 is 20.7 Å². The van der Waals surface area contributed by atoms with E-state index in [9.17, 15) is 22.8 Å². The number of imidazole rings is 1. The number of piperidine rings is 1. The van der Waals surface area contributed by atoms with Gasteiger partial charge in [0, 0.05) is 42.2 Å². The molecule has 2 fully saturated rings. The van der Waals surface area contributed by atoms with E-state index in [0.29, 0.717) is 23.3 Å². The van der Waals surface area contributed by atoms with Crippen LogP contribution in [0.1, 0.15) is 47.4 Å². The second kappa shape index (κ2) is 9.50. The first kappa shape index (κ1) is 25.6. The van der Waals surface area contributed by atoms with Crippen LogP contribution in [0.25, 0.3) is 16.8 Å². The van der Waals surface area contributed by atoms with Crippen molar-refractivity contribution in [2.45, 2.75) is 44.0 Å². The maximum absolute atomic E-state index is 13.0. The Morgan fingerprint density at radius 1 is 1.12 bits per heavy atom. The van der Waals surface area contributed by atoms with E-state index in [1.807, 2.05) is 11.3 Å². The molecule has 2 aliphatic heterocycles. The van der Waals surface area contributed by atoms with Crippen LogP contribution in [0.15, 0.2) is 55.0 Å². The molecule has 4 aromatic rings. The predicted octanol–water partition coefficient (Wildman–Crippen LogP) is 4.73. The normalized spacial score (nSPS) is 20.9. The topological polar surface area (TPSA) is 128 Å². The van der Waals surface area contributed by atoms with Crippen LogP contribution >= 0.6 is 0 Å². The number of amides is 2. The van der Waals surface area contributed by atoms with Gasteiger partial charge in [-0.15, -0.1) is 0 Å². The Labute approximate surface area is 226 Å². The molecule has 40 heavy (non-hydrogen) atoms. The number of anilines is 2. The Kier molecular flexibility index (Phi) is 6.08. The van der Waals surface area contributed by atoms with Crippen LogP contribution in [0.3, 0.4) is 0 Å². The second-order valence-electron chi connectivity index (χ2n) is 9.89. The van der Waals surface area contributed by atoms with Crippen molar-refractivity contribution in [1.82, 2.24) is 24.3 Å². The average molecular weight is 552 g/mol. The zero-order chi connectivity index (χ0) is 28.2. The monoisotopic (exact) mass is 551 g/mol. The molecule has 0 saturated carbocycles. The number of pyridine rings is 1. The number of nitrogens with one attached hydrogen (secondary N) is 1. The lowest BCUT2D eigenvalue weighted by atomic mass is 9.91. The lowest BCUT2D eigenvalue weighted by Crippen LogP contribution is -2.43. The number of nitrogens with zero attached hydrogens (tertiary/aromatic N) is 5. The van der Waals surface area contributed by atoms with Crippen LogP contribution in [-0.2, 0) is 10.9 Å². The molecule has 2 amide bonds. The van der Waals surface area contributed by atoms with Gasteiger partial charge in [0.2, 0.25) is 0 Å². The Morgan fingerprint density at radius 2 is 1.90 bits per heavy atom. The van der Waals surface area contributed by atoms with Crippen LogP contribution < -0.4 is 11.1 Å². The third-order valence-corrected chi connectivity index (χ3v) is 7.42. The van der Waals surface area contributed by atoms with Crippen molar-refractivity contribution in [3.8, 4) is 11.3 Å². The van der Waals surface area contributed by atoms with E-state index >= 15 is 0 Å². The summed E-state index contributed by atoms with van der Waals surface area (Å²) in [6, 6.07) is 8.11. The largest absolute Gasteiger partial charge is 0.444 e. The third kappa shape index (κ3) is 4.46. The van der Waals surface area contributed by atoms with Crippen LogP contribution in [-0.4, -0.2) is 54.9 Å². The summed E-state index contributed by atoms with van der Waals surface area (Å²) in [4.78, 5) is 39.8. The number of nitrogen functional groups attached to an aromatic ring is 1. The van der Waals surface area contributed by atoms with E-state index in [4.69, 9.17) is 15.5 Å². The van der Waals surface area contributed by atoms with Gasteiger partial charge >= 0.3 is 12.3 Å². The predicted molar refractivity (Wildman–Crippen MR) is 138 cm³/mol. The molecule has 13 heteroatoms. The molecule has 0 aliphatic carbocycles. The molecule has 5 heterocycles. The summed E-state index contributed by atoms with van der Waals surface area (Å²) in [6.45, 7) is 2.37. The minimum atomic E-state index is -4.55. The number of aromatic nitrogens is 4. The van der Waals surface area contributed by atoms with Gasteiger partial charge in [-0.1, -0.05) is 12.1 Å². The first-order chi connectivity index (χ1) is 19.1. The zero-order valence-corrected chi connectivity index (χ0v) is 21.2. The minimum absolute atomic E-state index is 0.0472. The van der Waals surface area contributed by atoms with Gasteiger partial charge in [0.05, 0.1) is 11.6 Å². The quantitative estimate of drug-likeness (QED) is 0.375. The highest BCUT2D eigenvalue weighted by atomic mass is 19.4. The van der Waals surface area contributed by atoms with Crippen molar-refractivity contribution in [2.24, 2.45) is 0 Å². The van der Waals surface area contributed by atoms with Gasteiger partial charge in [-0.3, -0.25) is 9.20 Å². The van der Waals surface area contributed by atoms with E-state index in [0.717, 1.165) is 37.0 Å². The van der Waals surface area contributed by atoms with Gasteiger partial charge in [0.15, 0.2) is 0 Å². The first-order valence-electron chi connectivity index (χ1n) is 12.6. The van der Waals surface area contributed by atoms with E-state index < -0.39 is 17.6 Å². The molecule has 0 bridgehead atoms. The Bertz CT molecular complexity index is 1620. The number of carbonyl (C=O) groups is 2. The van der Waals surface area contributed by atoms with Gasteiger partial charge in [0.25, 0.3) is 5.91 Å². The number of benzene rings is 1. The highest BCUT2D eigenvalue weighted by Gasteiger charge is 2.44. The molecule has 3 N–H and O–H groups in total. The molecule has 206 valence electrons. The van der Waals surface area contributed by atoms with Crippen molar-refractivity contribution in [3.05, 3.63) is 71.9 Å². The van der Waals surface area contributed by atoms with Gasteiger partial charge in [-0.2, -0.15) is 13.2 Å². The van der Waals surface area contributed by atoms with Crippen molar-refractivity contribution in [3.63, 3.8) is 0 Å². The number of halogens is 3. The summed E-state index contributed by atoms with van der Waals surface area (Å²) in [5.74, 6) is 0.137. The smallest absolute Gasteiger partial charge is 0.416 e. The Hall–Kier alpha value is -4.68. The number of fused-ring (bicyclic) bond motifs is 2. The molecule has 6 rings (SSSR count). The number of nitrogens with two attached hydrogens (primary N) is 1. The van der Waals surface area contributed by atoms with Gasteiger partial charge in [-0.25, -0.2) is 19.7 Å². The third-order valence-electron chi connectivity index (χ3n) is 7.42. The number of alkyl halides is 3. The van der Waals surface area contributed by atoms with E-state index in [2.05, 4.69) is 15.3 Å². The molecule has 3 aromatic heterocycles. The molecule has 3 atom stereocenters. The number of ether oxygens (including phenoxy) is 1.